The Kier molecular flexibility index (Phi) is 4.98. The van der Waals surface area contributed by atoms with Crippen LogP contribution in [0.4, 0.5) is 0 Å². The zero-order chi connectivity index (χ0) is 14.5. The second kappa shape index (κ2) is 6.72. The Morgan fingerprint density at radius 2 is 2.20 bits per heavy atom. The zero-order valence-corrected chi connectivity index (χ0v) is 11.8. The van der Waals surface area contributed by atoms with E-state index in [1.807, 2.05) is 12.1 Å². The summed E-state index contributed by atoms with van der Waals surface area (Å²) in [6.07, 6.45) is 2.42. The zero-order valence-electron chi connectivity index (χ0n) is 11.8. The molecule has 5 heteroatoms. The molecule has 0 radical (unpaired) electrons. The summed E-state index contributed by atoms with van der Waals surface area (Å²) in [5.41, 5.74) is 6.21. The molecule has 0 spiro atoms. The van der Waals surface area contributed by atoms with Crippen LogP contribution >= 0.6 is 0 Å². The third-order valence-corrected chi connectivity index (χ3v) is 3.70. The molecule has 1 aromatic carbocycles. The predicted molar refractivity (Wildman–Crippen MR) is 77.0 cm³/mol. The smallest absolute Gasteiger partial charge is 0.312 e. The van der Waals surface area contributed by atoms with E-state index in [4.69, 9.17) is 15.6 Å². The fourth-order valence-electron chi connectivity index (χ4n) is 2.57. The molecule has 0 amide bonds. The highest BCUT2D eigenvalue weighted by molar-refractivity contribution is 5.76. The average Bonchev–Trinajstić information content (AvgIpc) is 2.41. The van der Waals surface area contributed by atoms with Crippen LogP contribution in [0.1, 0.15) is 24.3 Å². The summed E-state index contributed by atoms with van der Waals surface area (Å²) in [6, 6.07) is 7.23. The third kappa shape index (κ3) is 3.71. The van der Waals surface area contributed by atoms with Crippen molar-refractivity contribution in [2.45, 2.75) is 24.9 Å². The van der Waals surface area contributed by atoms with Gasteiger partial charge in [-0.2, -0.15) is 0 Å². The van der Waals surface area contributed by atoms with Gasteiger partial charge in [0, 0.05) is 13.1 Å². The summed E-state index contributed by atoms with van der Waals surface area (Å²) in [4.78, 5) is 13.3. The summed E-state index contributed by atoms with van der Waals surface area (Å²) in [5.74, 6) is -0.754. The van der Waals surface area contributed by atoms with Gasteiger partial charge in [0.15, 0.2) is 0 Å². The second-order valence-electron chi connectivity index (χ2n) is 5.34. The maximum absolute atomic E-state index is 11.1. The molecule has 1 fully saturated rings. The lowest BCUT2D eigenvalue weighted by atomic mass is 9.99. The van der Waals surface area contributed by atoms with Gasteiger partial charge in [-0.25, -0.2) is 0 Å². The number of ether oxygens (including phenoxy) is 1. The monoisotopic (exact) mass is 278 g/mol. The number of nitrogens with two attached hydrogens (primary N) is 1. The number of carboxylic acids is 1. The van der Waals surface area contributed by atoms with Gasteiger partial charge in [0.2, 0.25) is 0 Å². The van der Waals surface area contributed by atoms with Gasteiger partial charge >= 0.3 is 5.97 Å². The molecular formula is C15H22N2O3. The van der Waals surface area contributed by atoms with Crippen molar-refractivity contribution < 1.29 is 14.6 Å². The number of hydrogen-bond donors (Lipinski definition) is 2. The molecule has 0 bridgehead atoms. The van der Waals surface area contributed by atoms with Crippen molar-refractivity contribution in [3.63, 3.8) is 0 Å². The fraction of sp³-hybridized carbons (Fsp3) is 0.533. The van der Waals surface area contributed by atoms with Crippen molar-refractivity contribution in [2.24, 2.45) is 5.73 Å². The van der Waals surface area contributed by atoms with Crippen molar-refractivity contribution in [2.75, 3.05) is 26.7 Å². The third-order valence-electron chi connectivity index (χ3n) is 3.70. The molecule has 2 atom stereocenters. The first-order valence-electron chi connectivity index (χ1n) is 6.98. The summed E-state index contributed by atoms with van der Waals surface area (Å²) in [7, 11) is 2.09. The lowest BCUT2D eigenvalue weighted by Gasteiger charge is -2.30. The van der Waals surface area contributed by atoms with Gasteiger partial charge in [0.25, 0.3) is 0 Å². The lowest BCUT2D eigenvalue weighted by Crippen LogP contribution is -2.38. The number of aliphatic carboxylic acids is 1. The van der Waals surface area contributed by atoms with E-state index in [1.165, 1.54) is 0 Å². The number of carboxylic acid groups (broad SMARTS) is 1. The maximum atomic E-state index is 11.1. The second-order valence-corrected chi connectivity index (χ2v) is 5.34. The summed E-state index contributed by atoms with van der Waals surface area (Å²) < 4.78 is 5.93. The molecule has 1 saturated heterocycles. The Labute approximate surface area is 119 Å². The van der Waals surface area contributed by atoms with Crippen LogP contribution in [-0.2, 0) is 4.79 Å². The van der Waals surface area contributed by atoms with Gasteiger partial charge in [0.1, 0.15) is 11.9 Å². The number of rotatable bonds is 5. The number of piperidine rings is 1. The fourth-order valence-corrected chi connectivity index (χ4v) is 2.57. The first kappa shape index (κ1) is 14.8. The van der Waals surface area contributed by atoms with E-state index in [0.29, 0.717) is 5.56 Å². The number of likely N-dealkylation sites (tertiary alicyclic amines) is 1. The van der Waals surface area contributed by atoms with Crippen LogP contribution in [0.2, 0.25) is 0 Å². The van der Waals surface area contributed by atoms with Crippen LogP contribution in [0.15, 0.2) is 24.3 Å². The minimum absolute atomic E-state index is 0.100. The topological polar surface area (TPSA) is 75.8 Å². The molecule has 1 aromatic rings. The highest BCUT2D eigenvalue weighted by atomic mass is 16.5. The number of benzene rings is 1. The van der Waals surface area contributed by atoms with Crippen LogP contribution in [-0.4, -0.2) is 48.8 Å². The van der Waals surface area contributed by atoms with Crippen molar-refractivity contribution in [1.82, 2.24) is 4.90 Å². The molecule has 0 saturated carbocycles. The van der Waals surface area contributed by atoms with E-state index in [0.717, 1.165) is 31.7 Å². The Balaban J connectivity index is 1.99. The number of likely N-dealkylation sites (N-methyl/N-ethyl adjacent to an activating group) is 1. The van der Waals surface area contributed by atoms with Gasteiger partial charge in [-0.05, 0) is 44.1 Å². The van der Waals surface area contributed by atoms with Gasteiger partial charge in [0.05, 0.1) is 5.92 Å². The Hall–Kier alpha value is -1.59. The molecule has 1 aliphatic rings. The van der Waals surface area contributed by atoms with E-state index in [-0.39, 0.29) is 12.6 Å². The predicted octanol–water partition coefficient (Wildman–Crippen LogP) is 1.29. The number of nitrogens with zero attached hydrogens (tertiary/aromatic N) is 1. The van der Waals surface area contributed by atoms with E-state index in [1.54, 1.807) is 12.1 Å². The molecule has 2 rings (SSSR count). The van der Waals surface area contributed by atoms with Gasteiger partial charge in [-0.3, -0.25) is 4.79 Å². The molecule has 2 unspecified atom stereocenters. The molecule has 5 nitrogen and oxygen atoms in total. The van der Waals surface area contributed by atoms with Gasteiger partial charge in [-0.15, -0.1) is 0 Å². The Bertz CT molecular complexity index is 447. The Morgan fingerprint density at radius 1 is 1.50 bits per heavy atom. The van der Waals surface area contributed by atoms with Crippen LogP contribution in [0.25, 0.3) is 0 Å². The van der Waals surface area contributed by atoms with Gasteiger partial charge in [-0.1, -0.05) is 12.1 Å². The van der Waals surface area contributed by atoms with Crippen LogP contribution in [0.3, 0.4) is 0 Å². The largest absolute Gasteiger partial charge is 0.489 e. The highest BCUT2D eigenvalue weighted by Crippen LogP contribution is 2.22. The van der Waals surface area contributed by atoms with Crippen molar-refractivity contribution in [1.29, 1.82) is 0 Å². The SMILES string of the molecule is CN1CCCC(Oc2ccc(C(CN)C(=O)O)cc2)C1. The Morgan fingerprint density at radius 3 is 2.75 bits per heavy atom. The lowest BCUT2D eigenvalue weighted by molar-refractivity contribution is -0.138. The van der Waals surface area contributed by atoms with Crippen molar-refractivity contribution >= 4 is 5.97 Å². The molecule has 0 aromatic heterocycles. The maximum Gasteiger partial charge on any atom is 0.312 e. The van der Waals surface area contributed by atoms with Crippen LogP contribution in [0.5, 0.6) is 5.75 Å². The van der Waals surface area contributed by atoms with Crippen LogP contribution in [0, 0.1) is 0 Å². The number of carbonyl (C=O) groups is 1. The first-order chi connectivity index (χ1) is 9.60. The normalized spacial score (nSPS) is 21.4. The first-order valence-corrected chi connectivity index (χ1v) is 6.98. The minimum Gasteiger partial charge on any atom is -0.489 e. The molecule has 1 aliphatic heterocycles. The summed E-state index contributed by atoms with van der Waals surface area (Å²) in [5, 5.41) is 9.07. The van der Waals surface area contributed by atoms with E-state index < -0.39 is 11.9 Å². The average molecular weight is 278 g/mol. The number of hydrogen-bond acceptors (Lipinski definition) is 4. The molecular weight excluding hydrogens is 256 g/mol. The van der Waals surface area contributed by atoms with Gasteiger partial charge < -0.3 is 20.5 Å². The van der Waals surface area contributed by atoms with Crippen molar-refractivity contribution in [3.8, 4) is 5.75 Å². The quantitative estimate of drug-likeness (QED) is 0.848. The highest BCUT2D eigenvalue weighted by Gasteiger charge is 2.20. The molecule has 1 heterocycles. The molecule has 20 heavy (non-hydrogen) atoms. The van der Waals surface area contributed by atoms with Crippen LogP contribution < -0.4 is 10.5 Å². The summed E-state index contributed by atoms with van der Waals surface area (Å²) in [6.45, 7) is 2.15. The molecule has 3 N–H and O–H groups in total. The van der Waals surface area contributed by atoms with E-state index >= 15 is 0 Å². The van der Waals surface area contributed by atoms with E-state index in [2.05, 4.69) is 11.9 Å². The molecule has 110 valence electrons. The minimum atomic E-state index is -0.893. The summed E-state index contributed by atoms with van der Waals surface area (Å²) >= 11 is 0. The van der Waals surface area contributed by atoms with E-state index in [9.17, 15) is 4.79 Å². The molecule has 0 aliphatic carbocycles. The standard InChI is InChI=1S/C15H22N2O3/c1-17-8-2-3-13(10-17)20-12-6-4-11(5-7-12)14(9-16)15(18)19/h4-7,13-14H,2-3,8-10,16H2,1H3,(H,18,19). The van der Waals surface area contributed by atoms with Crippen molar-refractivity contribution in [3.05, 3.63) is 29.8 Å².